The van der Waals surface area contributed by atoms with E-state index in [0.29, 0.717) is 45.8 Å². The molecule has 0 spiro atoms. The summed E-state index contributed by atoms with van der Waals surface area (Å²) in [5.41, 5.74) is 3.17. The van der Waals surface area contributed by atoms with Gasteiger partial charge in [-0.3, -0.25) is 14.3 Å². The zero-order chi connectivity index (χ0) is 25.9. The molecule has 0 aliphatic heterocycles. The van der Waals surface area contributed by atoms with Crippen molar-refractivity contribution in [2.45, 2.75) is 13.5 Å². The van der Waals surface area contributed by atoms with E-state index >= 15 is 4.39 Å². The van der Waals surface area contributed by atoms with Crippen LogP contribution in [0, 0.1) is 12.7 Å². The number of fused-ring (bicyclic) bond motifs is 1. The molecule has 5 aromatic rings. The normalized spacial score (nSPS) is 10.9. The van der Waals surface area contributed by atoms with Gasteiger partial charge in [-0.05, 0) is 42.3 Å². The highest BCUT2D eigenvalue weighted by atomic mass is 19.1. The van der Waals surface area contributed by atoms with Crippen molar-refractivity contribution < 1.29 is 18.6 Å². The maximum Gasteiger partial charge on any atom is 0.261 e. The average Bonchev–Trinajstić information content (AvgIpc) is 2.91. The number of halogens is 1. The number of aryl methyl sites for hydroxylation is 1. The van der Waals surface area contributed by atoms with Crippen LogP contribution in [0.3, 0.4) is 0 Å². The minimum Gasteiger partial charge on any atom is -0.493 e. The molecule has 0 unspecified atom stereocenters. The Labute approximate surface area is 212 Å². The molecular weight excluding hydrogens is 473 g/mol. The maximum absolute atomic E-state index is 15.2. The molecule has 0 fully saturated rings. The fourth-order valence-electron chi connectivity index (χ4n) is 4.06. The number of pyridine rings is 1. The summed E-state index contributed by atoms with van der Waals surface area (Å²) in [5.74, 6) is 0.826. The second-order valence-electron chi connectivity index (χ2n) is 8.51. The van der Waals surface area contributed by atoms with Gasteiger partial charge in [0.2, 0.25) is 0 Å². The number of ether oxygens (including phenoxy) is 3. The van der Waals surface area contributed by atoms with Crippen molar-refractivity contribution in [3.05, 3.63) is 107 Å². The molecule has 0 saturated carbocycles. The van der Waals surface area contributed by atoms with E-state index in [2.05, 4.69) is 9.97 Å². The van der Waals surface area contributed by atoms with Crippen molar-refractivity contribution in [3.8, 4) is 34.1 Å². The number of benzene rings is 3. The summed E-state index contributed by atoms with van der Waals surface area (Å²) in [6.45, 7) is 2.37. The van der Waals surface area contributed by atoms with Crippen molar-refractivity contribution in [2.75, 3.05) is 14.2 Å². The Morgan fingerprint density at radius 2 is 1.65 bits per heavy atom. The van der Waals surface area contributed by atoms with Crippen LogP contribution in [-0.4, -0.2) is 28.8 Å². The second kappa shape index (κ2) is 10.1. The molecule has 0 aliphatic rings. The number of rotatable bonds is 7. The Kier molecular flexibility index (Phi) is 6.55. The monoisotopic (exact) mass is 497 g/mol. The van der Waals surface area contributed by atoms with Gasteiger partial charge in [-0.2, -0.15) is 0 Å². The first kappa shape index (κ1) is 24.0. The molecule has 2 aromatic heterocycles. The standard InChI is InChI=1S/C29H24FN3O4/c1-18-4-6-19(7-5-18)16-33-17-31-15-22(29(33)34)20-8-9-26(23(30)12-20)37-25-10-11-32-24-14-28(36-3)27(35-2)13-21(24)25/h4-15,17H,16H2,1-3H3. The Morgan fingerprint density at radius 1 is 0.892 bits per heavy atom. The first-order valence-electron chi connectivity index (χ1n) is 11.6. The summed E-state index contributed by atoms with van der Waals surface area (Å²) in [6.07, 6.45) is 4.50. The Morgan fingerprint density at radius 3 is 2.38 bits per heavy atom. The van der Waals surface area contributed by atoms with Gasteiger partial charge in [0, 0.05) is 23.8 Å². The zero-order valence-corrected chi connectivity index (χ0v) is 20.6. The van der Waals surface area contributed by atoms with Gasteiger partial charge in [-0.1, -0.05) is 35.9 Å². The van der Waals surface area contributed by atoms with Gasteiger partial charge in [-0.25, -0.2) is 9.37 Å². The van der Waals surface area contributed by atoms with Crippen molar-refractivity contribution >= 4 is 10.9 Å². The lowest BCUT2D eigenvalue weighted by atomic mass is 10.1. The molecule has 37 heavy (non-hydrogen) atoms. The fraction of sp³-hybridized carbons (Fsp3) is 0.138. The summed E-state index contributed by atoms with van der Waals surface area (Å²) in [6, 6.07) is 17.4. The molecule has 0 radical (unpaired) electrons. The summed E-state index contributed by atoms with van der Waals surface area (Å²) in [4.78, 5) is 21.7. The van der Waals surface area contributed by atoms with E-state index in [4.69, 9.17) is 14.2 Å². The van der Waals surface area contributed by atoms with Gasteiger partial charge >= 0.3 is 0 Å². The molecule has 186 valence electrons. The van der Waals surface area contributed by atoms with E-state index in [1.165, 1.54) is 36.3 Å². The highest BCUT2D eigenvalue weighted by Gasteiger charge is 2.15. The topological polar surface area (TPSA) is 75.5 Å². The Bertz CT molecular complexity index is 1650. The van der Waals surface area contributed by atoms with Crippen LogP contribution < -0.4 is 19.8 Å². The molecule has 0 saturated heterocycles. The molecular formula is C29H24FN3O4. The lowest BCUT2D eigenvalue weighted by molar-refractivity contribution is 0.355. The minimum atomic E-state index is -0.615. The molecule has 8 heteroatoms. The van der Waals surface area contributed by atoms with Crippen LogP contribution in [0.5, 0.6) is 23.0 Å². The Hall–Kier alpha value is -4.72. The van der Waals surface area contributed by atoms with Gasteiger partial charge in [0.05, 0.1) is 38.2 Å². The quantitative estimate of drug-likeness (QED) is 0.284. The molecule has 0 amide bonds. The predicted octanol–water partition coefficient (Wildman–Crippen LogP) is 5.76. The average molecular weight is 498 g/mol. The van der Waals surface area contributed by atoms with Crippen LogP contribution in [0.1, 0.15) is 11.1 Å². The van der Waals surface area contributed by atoms with Gasteiger partial charge in [0.15, 0.2) is 23.1 Å². The van der Waals surface area contributed by atoms with Gasteiger partial charge in [-0.15, -0.1) is 0 Å². The van der Waals surface area contributed by atoms with E-state index in [9.17, 15) is 4.79 Å². The van der Waals surface area contributed by atoms with E-state index in [1.807, 2.05) is 31.2 Å². The third-order valence-electron chi connectivity index (χ3n) is 6.04. The summed E-state index contributed by atoms with van der Waals surface area (Å²) < 4.78 is 33.3. The molecule has 7 nitrogen and oxygen atoms in total. The van der Waals surface area contributed by atoms with Crippen molar-refractivity contribution in [3.63, 3.8) is 0 Å². The van der Waals surface area contributed by atoms with Crippen LogP contribution in [0.25, 0.3) is 22.0 Å². The van der Waals surface area contributed by atoms with E-state index in [0.717, 1.165) is 11.1 Å². The van der Waals surface area contributed by atoms with Gasteiger partial charge < -0.3 is 14.2 Å². The van der Waals surface area contributed by atoms with Gasteiger partial charge in [0.25, 0.3) is 5.56 Å². The second-order valence-corrected chi connectivity index (χ2v) is 8.51. The molecule has 2 heterocycles. The van der Waals surface area contributed by atoms with E-state index in [-0.39, 0.29) is 11.3 Å². The minimum absolute atomic E-state index is 0.00917. The predicted molar refractivity (Wildman–Crippen MR) is 139 cm³/mol. The number of hydrogen-bond acceptors (Lipinski definition) is 6. The smallest absolute Gasteiger partial charge is 0.261 e. The molecule has 5 rings (SSSR count). The molecule has 3 aromatic carbocycles. The number of methoxy groups -OCH3 is 2. The zero-order valence-electron chi connectivity index (χ0n) is 20.6. The largest absolute Gasteiger partial charge is 0.493 e. The number of aromatic nitrogens is 3. The number of hydrogen-bond donors (Lipinski definition) is 0. The van der Waals surface area contributed by atoms with Crippen LogP contribution in [0.4, 0.5) is 4.39 Å². The number of nitrogens with zero attached hydrogens (tertiary/aromatic N) is 3. The van der Waals surface area contributed by atoms with Crippen LogP contribution in [0.15, 0.2) is 84.2 Å². The highest BCUT2D eigenvalue weighted by molar-refractivity contribution is 5.88. The van der Waals surface area contributed by atoms with Crippen LogP contribution in [0.2, 0.25) is 0 Å². The lowest BCUT2D eigenvalue weighted by Gasteiger charge is -2.13. The first-order chi connectivity index (χ1) is 18.0. The molecule has 0 N–H and O–H groups in total. The fourth-order valence-corrected chi connectivity index (χ4v) is 4.06. The van der Waals surface area contributed by atoms with E-state index in [1.54, 1.807) is 37.6 Å². The van der Waals surface area contributed by atoms with Crippen LogP contribution >= 0.6 is 0 Å². The summed E-state index contributed by atoms with van der Waals surface area (Å²) in [7, 11) is 3.08. The van der Waals surface area contributed by atoms with Crippen LogP contribution in [-0.2, 0) is 6.54 Å². The van der Waals surface area contributed by atoms with Crippen molar-refractivity contribution in [1.82, 2.24) is 14.5 Å². The third kappa shape index (κ3) is 4.86. The van der Waals surface area contributed by atoms with E-state index < -0.39 is 5.82 Å². The third-order valence-corrected chi connectivity index (χ3v) is 6.04. The summed E-state index contributed by atoms with van der Waals surface area (Å²) in [5, 5.41) is 0.634. The SMILES string of the molecule is COc1cc2nccc(Oc3ccc(-c4cncn(Cc5ccc(C)cc5)c4=O)cc3F)c2cc1OC. The molecule has 0 aliphatic carbocycles. The van der Waals surface area contributed by atoms with Crippen molar-refractivity contribution in [2.24, 2.45) is 0 Å². The Balaban J connectivity index is 1.45. The summed E-state index contributed by atoms with van der Waals surface area (Å²) >= 11 is 0. The van der Waals surface area contributed by atoms with Gasteiger partial charge in [0.1, 0.15) is 5.75 Å². The molecule has 0 bridgehead atoms. The maximum atomic E-state index is 15.2. The molecule has 0 atom stereocenters. The van der Waals surface area contributed by atoms with Crippen molar-refractivity contribution in [1.29, 1.82) is 0 Å². The highest BCUT2D eigenvalue weighted by Crippen LogP contribution is 2.37. The lowest BCUT2D eigenvalue weighted by Crippen LogP contribution is -2.22. The first-order valence-corrected chi connectivity index (χ1v) is 11.6.